The number of hydrogen-bond acceptors (Lipinski definition) is 6. The van der Waals surface area contributed by atoms with Crippen molar-refractivity contribution in [3.05, 3.63) is 0 Å². The van der Waals surface area contributed by atoms with Gasteiger partial charge in [0, 0.05) is 19.3 Å². The molecule has 0 bridgehead atoms. The molecular weight excluding hydrogens is 649 g/mol. The van der Waals surface area contributed by atoms with Gasteiger partial charge in [0.2, 0.25) is 0 Å². The van der Waals surface area contributed by atoms with Crippen LogP contribution in [0.25, 0.3) is 0 Å². The van der Waals surface area contributed by atoms with Crippen LogP contribution in [-0.2, 0) is 28.7 Å². The number of carbonyl (C=O) groups excluding carboxylic acids is 4. The Morgan fingerprint density at radius 1 is 0.346 bits per heavy atom. The number of ether oxygens (including phenoxy) is 2. The molecule has 6 nitrogen and oxygen atoms in total. The van der Waals surface area contributed by atoms with E-state index in [4.69, 9.17) is 9.47 Å². The summed E-state index contributed by atoms with van der Waals surface area (Å²) in [5.41, 5.74) is -1.82. The first-order chi connectivity index (χ1) is 25.4. The molecule has 0 unspecified atom stereocenters. The van der Waals surface area contributed by atoms with Crippen molar-refractivity contribution in [3.8, 4) is 0 Å². The Bertz CT molecular complexity index is 822. The largest absolute Gasteiger partial charge is 0.466 e. The van der Waals surface area contributed by atoms with E-state index in [-0.39, 0.29) is 56.2 Å². The summed E-state index contributed by atoms with van der Waals surface area (Å²) >= 11 is 0. The lowest BCUT2D eigenvalue weighted by Gasteiger charge is -2.29. The Morgan fingerprint density at radius 2 is 0.654 bits per heavy atom. The third-order valence-electron chi connectivity index (χ3n) is 10.7. The van der Waals surface area contributed by atoms with Gasteiger partial charge in [-0.2, -0.15) is 0 Å². The normalized spacial score (nSPS) is 11.5. The molecule has 0 atom stereocenters. The predicted octanol–water partition coefficient (Wildman–Crippen LogP) is 13.9. The Kier molecular flexibility index (Phi) is 36.3. The minimum atomic E-state index is -1.82. The highest BCUT2D eigenvalue weighted by Gasteiger charge is 2.51. The van der Waals surface area contributed by atoms with Crippen LogP contribution in [0.5, 0.6) is 0 Å². The highest BCUT2D eigenvalue weighted by Crippen LogP contribution is 2.34. The van der Waals surface area contributed by atoms with Crippen molar-refractivity contribution in [2.75, 3.05) is 13.2 Å². The van der Waals surface area contributed by atoms with Gasteiger partial charge in [0.15, 0.2) is 17.0 Å². The monoisotopic (exact) mass is 735 g/mol. The summed E-state index contributed by atoms with van der Waals surface area (Å²) in [6.45, 7) is 9.47. The van der Waals surface area contributed by atoms with E-state index in [0.717, 1.165) is 77.0 Å². The summed E-state index contributed by atoms with van der Waals surface area (Å²) in [4.78, 5) is 55.0. The molecule has 0 spiro atoms. The van der Waals surface area contributed by atoms with E-state index >= 15 is 0 Å². The standard InChI is InChI=1S/C46H86O6/c1-5-9-13-17-21-25-29-33-40-51-44(49)38-35-39-46(42(47)36-31-27-23-19-15-11-7-3,43(48)37-32-28-24-20-16-12-8-4)45(50)52-41-34-30-26-22-18-14-10-6-2/h5-41H2,1-4H3. The highest BCUT2D eigenvalue weighted by atomic mass is 16.5. The van der Waals surface area contributed by atoms with E-state index in [1.54, 1.807) is 0 Å². The fourth-order valence-corrected chi connectivity index (χ4v) is 7.19. The smallest absolute Gasteiger partial charge is 0.327 e. The van der Waals surface area contributed by atoms with Crippen LogP contribution in [0.1, 0.15) is 252 Å². The quantitative estimate of drug-likeness (QED) is 0.0353. The van der Waals surface area contributed by atoms with E-state index in [1.807, 2.05) is 0 Å². The van der Waals surface area contributed by atoms with Gasteiger partial charge in [-0.3, -0.25) is 19.2 Å². The van der Waals surface area contributed by atoms with Crippen LogP contribution in [0, 0.1) is 5.41 Å². The lowest BCUT2D eigenvalue weighted by molar-refractivity contribution is -0.166. The van der Waals surface area contributed by atoms with Crippen LogP contribution in [0.2, 0.25) is 0 Å². The van der Waals surface area contributed by atoms with Crippen molar-refractivity contribution in [2.45, 2.75) is 252 Å². The molecule has 306 valence electrons. The predicted molar refractivity (Wildman–Crippen MR) is 219 cm³/mol. The first-order valence-corrected chi connectivity index (χ1v) is 22.8. The maximum atomic E-state index is 14.1. The summed E-state index contributed by atoms with van der Waals surface area (Å²) in [7, 11) is 0. The molecule has 0 aromatic rings. The van der Waals surface area contributed by atoms with Gasteiger partial charge in [-0.15, -0.1) is 0 Å². The maximum absolute atomic E-state index is 14.1. The van der Waals surface area contributed by atoms with Crippen molar-refractivity contribution in [3.63, 3.8) is 0 Å². The van der Waals surface area contributed by atoms with Gasteiger partial charge in [0.1, 0.15) is 0 Å². The fourth-order valence-electron chi connectivity index (χ4n) is 7.19. The zero-order chi connectivity index (χ0) is 38.4. The van der Waals surface area contributed by atoms with Gasteiger partial charge in [0.05, 0.1) is 13.2 Å². The molecule has 0 saturated carbocycles. The minimum Gasteiger partial charge on any atom is -0.466 e. The number of rotatable bonds is 41. The van der Waals surface area contributed by atoms with E-state index < -0.39 is 11.4 Å². The number of esters is 2. The SMILES string of the molecule is CCCCCCCCCCOC(=O)CCCC(C(=O)CCCCCCCCC)(C(=O)CCCCCCCCC)C(=O)OCCCCCCCCCC. The van der Waals surface area contributed by atoms with Crippen LogP contribution in [0.3, 0.4) is 0 Å². The molecule has 0 aliphatic heterocycles. The van der Waals surface area contributed by atoms with Gasteiger partial charge in [0.25, 0.3) is 0 Å². The van der Waals surface area contributed by atoms with Crippen molar-refractivity contribution < 1.29 is 28.7 Å². The van der Waals surface area contributed by atoms with E-state index in [2.05, 4.69) is 27.7 Å². The minimum absolute atomic E-state index is 0.0286. The molecule has 0 heterocycles. The third kappa shape index (κ3) is 27.0. The Hall–Kier alpha value is -1.72. The fraction of sp³-hybridized carbons (Fsp3) is 0.913. The highest BCUT2D eigenvalue weighted by molar-refractivity contribution is 6.22. The molecule has 0 aromatic carbocycles. The first kappa shape index (κ1) is 50.3. The second kappa shape index (κ2) is 37.6. The molecule has 0 amide bonds. The van der Waals surface area contributed by atoms with Crippen molar-refractivity contribution >= 4 is 23.5 Å². The van der Waals surface area contributed by atoms with Crippen LogP contribution < -0.4 is 0 Å². The average molecular weight is 735 g/mol. The van der Waals surface area contributed by atoms with Crippen molar-refractivity contribution in [1.82, 2.24) is 0 Å². The number of ketones is 2. The number of carbonyl (C=O) groups is 4. The van der Waals surface area contributed by atoms with Crippen LogP contribution in [0.15, 0.2) is 0 Å². The lowest BCUT2D eigenvalue weighted by Crippen LogP contribution is -2.47. The van der Waals surface area contributed by atoms with E-state index in [1.165, 1.54) is 103 Å². The molecule has 0 aliphatic carbocycles. The number of unbranched alkanes of at least 4 members (excludes halogenated alkanes) is 26. The Balaban J connectivity index is 5.47. The summed E-state index contributed by atoms with van der Waals surface area (Å²) in [5, 5.41) is 0. The molecule has 0 radical (unpaired) electrons. The van der Waals surface area contributed by atoms with Gasteiger partial charge in [-0.25, -0.2) is 0 Å². The van der Waals surface area contributed by atoms with Crippen LogP contribution in [0.4, 0.5) is 0 Å². The molecule has 52 heavy (non-hydrogen) atoms. The van der Waals surface area contributed by atoms with Gasteiger partial charge in [-0.1, -0.05) is 195 Å². The molecule has 0 saturated heterocycles. The zero-order valence-electron chi connectivity index (χ0n) is 35.1. The van der Waals surface area contributed by atoms with Gasteiger partial charge < -0.3 is 9.47 Å². The molecule has 0 rings (SSSR count). The Labute approximate surface area is 322 Å². The zero-order valence-corrected chi connectivity index (χ0v) is 35.1. The molecule has 0 fully saturated rings. The summed E-state index contributed by atoms with van der Waals surface area (Å²) in [5.74, 6) is -1.60. The van der Waals surface area contributed by atoms with Crippen LogP contribution >= 0.6 is 0 Å². The summed E-state index contributed by atoms with van der Waals surface area (Å²) < 4.78 is 11.4. The number of hydrogen-bond donors (Lipinski definition) is 0. The van der Waals surface area contributed by atoms with Crippen molar-refractivity contribution in [1.29, 1.82) is 0 Å². The summed E-state index contributed by atoms with van der Waals surface area (Å²) in [6.07, 6.45) is 34.0. The van der Waals surface area contributed by atoms with Crippen LogP contribution in [-0.4, -0.2) is 36.7 Å². The maximum Gasteiger partial charge on any atom is 0.327 e. The van der Waals surface area contributed by atoms with E-state index in [0.29, 0.717) is 19.4 Å². The second-order valence-electron chi connectivity index (χ2n) is 15.7. The number of Topliss-reactive ketones (excluding diaryl/α,β-unsaturated/α-hetero) is 2. The molecule has 0 aromatic heterocycles. The Morgan fingerprint density at radius 3 is 1.02 bits per heavy atom. The average Bonchev–Trinajstić information content (AvgIpc) is 3.14. The summed E-state index contributed by atoms with van der Waals surface area (Å²) in [6, 6.07) is 0. The van der Waals surface area contributed by atoms with Gasteiger partial charge in [-0.05, 0) is 38.5 Å². The topological polar surface area (TPSA) is 86.7 Å². The first-order valence-electron chi connectivity index (χ1n) is 22.8. The molecular formula is C46H86O6. The third-order valence-corrected chi connectivity index (χ3v) is 10.7. The second-order valence-corrected chi connectivity index (χ2v) is 15.7. The molecule has 0 aliphatic rings. The van der Waals surface area contributed by atoms with Gasteiger partial charge >= 0.3 is 11.9 Å². The molecule has 0 N–H and O–H groups in total. The molecule has 6 heteroatoms. The van der Waals surface area contributed by atoms with E-state index in [9.17, 15) is 19.2 Å². The van der Waals surface area contributed by atoms with Crippen molar-refractivity contribution in [2.24, 2.45) is 5.41 Å². The lowest BCUT2D eigenvalue weighted by atomic mass is 9.72.